The van der Waals surface area contributed by atoms with E-state index < -0.39 is 0 Å². The normalized spacial score (nSPS) is 14.7. The predicted octanol–water partition coefficient (Wildman–Crippen LogP) is 3.04. The van der Waals surface area contributed by atoms with Crippen LogP contribution in [0.15, 0.2) is 12.3 Å². The van der Waals surface area contributed by atoms with Crippen LogP contribution >= 0.6 is 0 Å². The van der Waals surface area contributed by atoms with Crippen LogP contribution in [0.4, 0.5) is 11.5 Å². The van der Waals surface area contributed by atoms with Crippen molar-refractivity contribution in [2.24, 2.45) is 0 Å². The first-order valence-electron chi connectivity index (χ1n) is 7.89. The molecular weight excluding hydrogens is 304 g/mol. The number of rotatable bonds is 3. The van der Waals surface area contributed by atoms with Gasteiger partial charge in [-0.15, -0.1) is 0 Å². The van der Waals surface area contributed by atoms with Crippen LogP contribution in [0.5, 0.6) is 0 Å². The Labute approximate surface area is 140 Å². The minimum atomic E-state index is -0.192. The van der Waals surface area contributed by atoms with Gasteiger partial charge in [-0.2, -0.15) is 0 Å². The average Bonchev–Trinajstić information content (AvgIpc) is 2.96. The van der Waals surface area contributed by atoms with Crippen LogP contribution in [0.25, 0.3) is 11.6 Å². The van der Waals surface area contributed by atoms with Gasteiger partial charge in [0, 0.05) is 23.9 Å². The fraction of sp³-hybridized carbons (Fsp3) is 0.278. The highest BCUT2D eigenvalue weighted by atomic mass is 16.2. The summed E-state index contributed by atoms with van der Waals surface area (Å²) in [6, 6.07) is 1.76. The summed E-state index contributed by atoms with van der Waals surface area (Å²) < 4.78 is 0. The summed E-state index contributed by atoms with van der Waals surface area (Å²) in [7, 11) is 0. The van der Waals surface area contributed by atoms with E-state index in [1.807, 2.05) is 13.0 Å². The average molecular weight is 324 g/mol. The zero-order valence-corrected chi connectivity index (χ0v) is 14.2. The number of hydrogen-bond donors (Lipinski definition) is 3. The molecule has 24 heavy (non-hydrogen) atoms. The zero-order valence-electron chi connectivity index (χ0n) is 14.2. The van der Waals surface area contributed by atoms with E-state index >= 15 is 0 Å². The lowest BCUT2D eigenvalue weighted by Gasteiger charge is -2.04. The van der Waals surface area contributed by atoms with Gasteiger partial charge in [-0.25, -0.2) is 4.98 Å². The molecule has 0 bridgehead atoms. The highest BCUT2D eigenvalue weighted by Gasteiger charge is 2.26. The molecule has 0 aliphatic carbocycles. The third-order valence-electron chi connectivity index (χ3n) is 4.25. The zero-order chi connectivity index (χ0) is 17.4. The molecule has 0 spiro atoms. The fourth-order valence-corrected chi connectivity index (χ4v) is 3.12. The maximum Gasteiger partial charge on any atom is 0.257 e. The maximum absolute atomic E-state index is 12.3. The van der Waals surface area contributed by atoms with Crippen molar-refractivity contribution in [3.05, 3.63) is 40.3 Å². The van der Waals surface area contributed by atoms with Gasteiger partial charge in [-0.1, -0.05) is 6.92 Å². The van der Waals surface area contributed by atoms with Crippen molar-refractivity contribution < 1.29 is 9.59 Å². The predicted molar refractivity (Wildman–Crippen MR) is 94.7 cm³/mol. The van der Waals surface area contributed by atoms with Gasteiger partial charge in [-0.3, -0.25) is 9.59 Å². The van der Waals surface area contributed by atoms with E-state index in [1.54, 1.807) is 6.07 Å². The van der Waals surface area contributed by atoms with Crippen LogP contribution in [0, 0.1) is 13.8 Å². The number of H-pyrrole nitrogens is 1. The molecule has 3 N–H and O–H groups in total. The minimum Gasteiger partial charge on any atom is -0.359 e. The first kappa shape index (κ1) is 16.0. The molecule has 1 aliphatic rings. The number of aromatic nitrogens is 2. The fourth-order valence-electron chi connectivity index (χ4n) is 3.12. The molecule has 6 nitrogen and oxygen atoms in total. The van der Waals surface area contributed by atoms with E-state index in [0.29, 0.717) is 22.6 Å². The summed E-state index contributed by atoms with van der Waals surface area (Å²) in [6.07, 6.45) is 4.32. The number of nitrogens with zero attached hydrogens (tertiary/aromatic N) is 1. The second-order valence-corrected chi connectivity index (χ2v) is 5.93. The second-order valence-electron chi connectivity index (χ2n) is 5.93. The number of pyridine rings is 1. The van der Waals surface area contributed by atoms with E-state index in [4.69, 9.17) is 0 Å². The number of hydrogen-bond acceptors (Lipinski definition) is 3. The van der Waals surface area contributed by atoms with Crippen molar-refractivity contribution in [2.45, 2.75) is 34.1 Å². The van der Waals surface area contributed by atoms with Crippen molar-refractivity contribution in [1.29, 1.82) is 0 Å². The van der Waals surface area contributed by atoms with Gasteiger partial charge in [0.15, 0.2) is 0 Å². The first-order valence-corrected chi connectivity index (χ1v) is 7.89. The van der Waals surface area contributed by atoms with Gasteiger partial charge < -0.3 is 15.6 Å². The second kappa shape index (κ2) is 5.96. The number of carbonyl (C=O) groups excluding carboxylic acids is 2. The molecule has 3 rings (SSSR count). The van der Waals surface area contributed by atoms with Gasteiger partial charge >= 0.3 is 0 Å². The molecule has 0 radical (unpaired) electrons. The third kappa shape index (κ3) is 2.71. The molecule has 2 amide bonds. The van der Waals surface area contributed by atoms with Crippen molar-refractivity contribution in [3.8, 4) is 0 Å². The number of carbonyl (C=O) groups is 2. The Kier molecular flexibility index (Phi) is 3.97. The molecule has 0 atom stereocenters. The van der Waals surface area contributed by atoms with Crippen LogP contribution in [0.3, 0.4) is 0 Å². The van der Waals surface area contributed by atoms with E-state index in [-0.39, 0.29) is 11.8 Å². The Morgan fingerprint density at radius 1 is 1.38 bits per heavy atom. The van der Waals surface area contributed by atoms with Gasteiger partial charge in [0.1, 0.15) is 5.82 Å². The van der Waals surface area contributed by atoms with Gasteiger partial charge in [0.05, 0.1) is 17.5 Å². The van der Waals surface area contributed by atoms with Crippen molar-refractivity contribution in [3.63, 3.8) is 0 Å². The number of nitrogens with one attached hydrogen (secondary N) is 3. The Bertz CT molecular complexity index is 877. The summed E-state index contributed by atoms with van der Waals surface area (Å²) in [5.41, 5.74) is 6.25. The molecule has 0 aromatic carbocycles. The summed E-state index contributed by atoms with van der Waals surface area (Å²) in [5, 5.41) is 5.45. The van der Waals surface area contributed by atoms with E-state index in [1.165, 1.54) is 18.7 Å². The molecule has 0 unspecified atom stereocenters. The van der Waals surface area contributed by atoms with E-state index in [9.17, 15) is 9.59 Å². The largest absolute Gasteiger partial charge is 0.359 e. The Hall–Kier alpha value is -2.89. The molecule has 0 saturated heterocycles. The minimum absolute atomic E-state index is 0.178. The third-order valence-corrected chi connectivity index (χ3v) is 4.25. The lowest BCUT2D eigenvalue weighted by atomic mass is 10.0. The van der Waals surface area contributed by atoms with Gasteiger partial charge in [0.2, 0.25) is 5.91 Å². The van der Waals surface area contributed by atoms with Gasteiger partial charge in [0.25, 0.3) is 5.91 Å². The molecule has 124 valence electrons. The number of amides is 2. The first-order chi connectivity index (χ1) is 11.4. The lowest BCUT2D eigenvalue weighted by molar-refractivity contribution is -0.114. The molecule has 0 saturated carbocycles. The van der Waals surface area contributed by atoms with Crippen LogP contribution in [-0.4, -0.2) is 21.8 Å². The van der Waals surface area contributed by atoms with E-state index in [0.717, 1.165) is 23.4 Å². The van der Waals surface area contributed by atoms with Crippen LogP contribution in [0.1, 0.15) is 41.9 Å². The number of anilines is 2. The van der Waals surface area contributed by atoms with Crippen molar-refractivity contribution in [1.82, 2.24) is 9.97 Å². The van der Waals surface area contributed by atoms with Crippen molar-refractivity contribution >= 4 is 35.0 Å². The van der Waals surface area contributed by atoms with Gasteiger partial charge in [-0.05, 0) is 43.5 Å². The Balaban J connectivity index is 2.07. The number of fused-ring (bicyclic) bond motifs is 1. The molecule has 2 aromatic rings. The molecule has 6 heteroatoms. The molecule has 3 heterocycles. The summed E-state index contributed by atoms with van der Waals surface area (Å²) in [6.45, 7) is 7.63. The smallest absolute Gasteiger partial charge is 0.257 e. The molecule has 2 aromatic heterocycles. The highest BCUT2D eigenvalue weighted by Crippen LogP contribution is 2.34. The standard InChI is InChI=1S/C18H20N4O2/c1-5-13-9(2)16(20-10(13)3)7-15-14-6-12(21-11(4)23)8-19-17(14)22-18(15)24/h6-8,20H,5H2,1-4H3,(H,21,23)(H,19,22,24). The lowest BCUT2D eigenvalue weighted by Crippen LogP contribution is -2.06. The summed E-state index contributed by atoms with van der Waals surface area (Å²) in [5.74, 6) is 0.141. The maximum atomic E-state index is 12.3. The van der Waals surface area contributed by atoms with Crippen LogP contribution < -0.4 is 10.6 Å². The summed E-state index contributed by atoms with van der Waals surface area (Å²) in [4.78, 5) is 31.1. The summed E-state index contributed by atoms with van der Waals surface area (Å²) >= 11 is 0. The molecule has 1 aliphatic heterocycles. The number of aromatic amines is 1. The monoisotopic (exact) mass is 324 g/mol. The highest BCUT2D eigenvalue weighted by molar-refractivity contribution is 6.34. The number of aryl methyl sites for hydroxylation is 1. The quantitative estimate of drug-likeness (QED) is 0.758. The Morgan fingerprint density at radius 3 is 2.75 bits per heavy atom. The van der Waals surface area contributed by atoms with Crippen molar-refractivity contribution in [2.75, 3.05) is 10.6 Å². The molecular formula is C18H20N4O2. The SMILES string of the molecule is CCc1c(C)[nH]c(C=C2C(=O)Nc3ncc(NC(C)=O)cc32)c1C. The van der Waals surface area contributed by atoms with E-state index in [2.05, 4.69) is 34.4 Å². The Morgan fingerprint density at radius 2 is 2.12 bits per heavy atom. The van der Waals surface area contributed by atoms with Crippen LogP contribution in [0.2, 0.25) is 0 Å². The molecule has 0 fully saturated rings. The topological polar surface area (TPSA) is 86.9 Å². The van der Waals surface area contributed by atoms with Crippen LogP contribution in [-0.2, 0) is 16.0 Å².